The van der Waals surface area contributed by atoms with E-state index in [1.54, 1.807) is 18.5 Å². The van der Waals surface area contributed by atoms with E-state index in [1.807, 2.05) is 24.0 Å². The maximum atomic E-state index is 12.9. The van der Waals surface area contributed by atoms with Gasteiger partial charge in [0.15, 0.2) is 0 Å². The summed E-state index contributed by atoms with van der Waals surface area (Å²) < 4.78 is 0. The Kier molecular flexibility index (Phi) is 3.41. The second-order valence-corrected chi connectivity index (χ2v) is 6.04. The molecule has 1 atom stereocenters. The molecule has 0 spiro atoms. The Hall–Kier alpha value is -2.96. The fourth-order valence-electron chi connectivity index (χ4n) is 3.26. The number of fused-ring (bicyclic) bond motifs is 2. The first-order valence-corrected chi connectivity index (χ1v) is 7.92. The Bertz CT molecular complexity index is 974. The molecule has 0 aliphatic carbocycles. The van der Waals surface area contributed by atoms with Crippen LogP contribution >= 0.6 is 0 Å². The van der Waals surface area contributed by atoms with Gasteiger partial charge in [-0.25, -0.2) is 10.1 Å². The monoisotopic (exact) mass is 323 g/mol. The Morgan fingerprint density at radius 2 is 2.08 bits per heavy atom. The summed E-state index contributed by atoms with van der Waals surface area (Å²) in [6.45, 7) is 3.00. The number of nitrogens with zero attached hydrogens (tertiary/aromatic N) is 3. The lowest BCUT2D eigenvalue weighted by atomic mass is 9.99. The van der Waals surface area contributed by atoms with E-state index < -0.39 is 5.92 Å². The highest BCUT2D eigenvalue weighted by Crippen LogP contribution is 2.25. The van der Waals surface area contributed by atoms with Gasteiger partial charge in [0.25, 0.3) is 5.56 Å². The van der Waals surface area contributed by atoms with Crippen molar-refractivity contribution >= 4 is 16.7 Å². The molecule has 0 saturated carbocycles. The van der Waals surface area contributed by atoms with Gasteiger partial charge < -0.3 is 9.88 Å². The highest BCUT2D eigenvalue weighted by molar-refractivity contribution is 5.91. The van der Waals surface area contributed by atoms with Crippen LogP contribution in [0.2, 0.25) is 0 Å². The minimum absolute atomic E-state index is 0.0000444. The number of H-pyrrole nitrogens is 2. The molecule has 0 radical (unpaired) electrons. The second-order valence-electron chi connectivity index (χ2n) is 6.04. The number of carbonyl (C=O) groups excluding carboxylic acids is 1. The van der Waals surface area contributed by atoms with Gasteiger partial charge in [0.05, 0.1) is 41.3 Å². The van der Waals surface area contributed by atoms with Gasteiger partial charge in [-0.15, -0.1) is 0 Å². The lowest BCUT2D eigenvalue weighted by Gasteiger charge is -2.28. The summed E-state index contributed by atoms with van der Waals surface area (Å²) in [6, 6.07) is 7.23. The lowest BCUT2D eigenvalue weighted by molar-refractivity contribution is -0.133. The topological polar surface area (TPSA) is 94.7 Å². The van der Waals surface area contributed by atoms with Crippen molar-refractivity contribution in [2.75, 3.05) is 6.54 Å². The van der Waals surface area contributed by atoms with E-state index in [0.29, 0.717) is 24.2 Å². The summed E-state index contributed by atoms with van der Waals surface area (Å²) in [5.74, 6) is -0.434. The molecule has 3 aromatic rings. The summed E-state index contributed by atoms with van der Waals surface area (Å²) >= 11 is 0. The fourth-order valence-corrected chi connectivity index (χ4v) is 3.26. The molecule has 1 aliphatic rings. The zero-order valence-electron chi connectivity index (χ0n) is 13.2. The van der Waals surface area contributed by atoms with E-state index in [1.165, 1.54) is 0 Å². The summed E-state index contributed by atoms with van der Waals surface area (Å²) in [7, 11) is 0. The molecule has 24 heavy (non-hydrogen) atoms. The molecule has 0 fully saturated rings. The first-order chi connectivity index (χ1) is 11.6. The lowest BCUT2D eigenvalue weighted by Crippen LogP contribution is -2.38. The standard InChI is InChI=1S/C17H17N5O2/c1-10(15-11-4-2-3-5-12(11)16(23)21-20-15)17(24)22-7-6-13-14(8-22)19-9-18-13/h2-5,9-10H,6-8H2,1H3,(H,18,19)(H,21,23)/t10-/m0/s1. The SMILES string of the molecule is C[C@H](C(=O)N1CCc2nc[nH]c2C1)c1n[nH]c(=O)c2ccccc12. The number of aromatic nitrogens is 4. The van der Waals surface area contributed by atoms with Gasteiger partial charge in [-0.05, 0) is 13.0 Å². The molecule has 2 aromatic heterocycles. The van der Waals surface area contributed by atoms with Crippen molar-refractivity contribution in [2.45, 2.75) is 25.8 Å². The number of hydrogen-bond acceptors (Lipinski definition) is 4. The van der Waals surface area contributed by atoms with Crippen LogP contribution in [0.25, 0.3) is 10.8 Å². The maximum Gasteiger partial charge on any atom is 0.272 e. The van der Waals surface area contributed by atoms with E-state index in [0.717, 1.165) is 23.2 Å². The summed E-state index contributed by atoms with van der Waals surface area (Å²) in [6.07, 6.45) is 2.41. The zero-order valence-corrected chi connectivity index (χ0v) is 13.2. The van der Waals surface area contributed by atoms with Crippen LogP contribution in [-0.2, 0) is 17.8 Å². The Morgan fingerprint density at radius 1 is 1.29 bits per heavy atom. The number of rotatable bonds is 2. The van der Waals surface area contributed by atoms with Crippen LogP contribution in [-0.4, -0.2) is 37.5 Å². The normalized spacial score (nSPS) is 15.3. The highest BCUT2D eigenvalue weighted by atomic mass is 16.2. The fraction of sp³-hybridized carbons (Fsp3) is 0.294. The van der Waals surface area contributed by atoms with E-state index in [2.05, 4.69) is 20.2 Å². The molecule has 4 rings (SSSR count). The number of amides is 1. The van der Waals surface area contributed by atoms with Crippen LogP contribution in [0.4, 0.5) is 0 Å². The van der Waals surface area contributed by atoms with E-state index in [4.69, 9.17) is 0 Å². The summed E-state index contributed by atoms with van der Waals surface area (Å²) in [5.41, 5.74) is 2.38. The predicted octanol–water partition coefficient (Wildman–Crippen LogP) is 1.33. The minimum atomic E-state index is -0.434. The zero-order chi connectivity index (χ0) is 16.7. The van der Waals surface area contributed by atoms with Crippen molar-refractivity contribution in [3.8, 4) is 0 Å². The Morgan fingerprint density at radius 3 is 2.92 bits per heavy atom. The molecule has 2 N–H and O–H groups in total. The number of aromatic amines is 2. The maximum absolute atomic E-state index is 12.9. The van der Waals surface area contributed by atoms with Crippen LogP contribution in [0, 0.1) is 0 Å². The van der Waals surface area contributed by atoms with Gasteiger partial charge in [-0.2, -0.15) is 5.10 Å². The number of carbonyl (C=O) groups is 1. The average Bonchev–Trinajstić information content (AvgIpc) is 3.09. The van der Waals surface area contributed by atoms with Crippen molar-refractivity contribution in [1.29, 1.82) is 0 Å². The van der Waals surface area contributed by atoms with Crippen molar-refractivity contribution in [3.05, 3.63) is 58.0 Å². The molecule has 7 heteroatoms. The van der Waals surface area contributed by atoms with Crippen LogP contribution in [0.15, 0.2) is 35.4 Å². The van der Waals surface area contributed by atoms with Crippen molar-refractivity contribution < 1.29 is 4.79 Å². The number of nitrogens with one attached hydrogen (secondary N) is 2. The smallest absolute Gasteiger partial charge is 0.272 e. The highest BCUT2D eigenvalue weighted by Gasteiger charge is 2.28. The van der Waals surface area contributed by atoms with Crippen molar-refractivity contribution in [1.82, 2.24) is 25.1 Å². The third-order valence-electron chi connectivity index (χ3n) is 4.59. The van der Waals surface area contributed by atoms with Crippen molar-refractivity contribution in [2.24, 2.45) is 0 Å². The first kappa shape index (κ1) is 14.6. The van der Waals surface area contributed by atoms with Gasteiger partial charge in [-0.3, -0.25) is 9.59 Å². The van der Waals surface area contributed by atoms with Crippen LogP contribution in [0.5, 0.6) is 0 Å². The molecule has 7 nitrogen and oxygen atoms in total. The first-order valence-electron chi connectivity index (χ1n) is 7.92. The van der Waals surface area contributed by atoms with Crippen LogP contribution in [0.3, 0.4) is 0 Å². The third-order valence-corrected chi connectivity index (χ3v) is 4.59. The summed E-state index contributed by atoms with van der Waals surface area (Å²) in [5, 5.41) is 7.93. The second kappa shape index (κ2) is 5.59. The molecule has 1 aliphatic heterocycles. The third kappa shape index (κ3) is 2.29. The van der Waals surface area contributed by atoms with Gasteiger partial charge in [0.1, 0.15) is 0 Å². The van der Waals surface area contributed by atoms with E-state index in [-0.39, 0.29) is 11.5 Å². The van der Waals surface area contributed by atoms with Gasteiger partial charge in [0.2, 0.25) is 5.91 Å². The van der Waals surface area contributed by atoms with E-state index >= 15 is 0 Å². The number of benzene rings is 1. The molecule has 3 heterocycles. The minimum Gasteiger partial charge on any atom is -0.347 e. The molecular weight excluding hydrogens is 306 g/mol. The number of imidazole rings is 1. The molecule has 0 bridgehead atoms. The average molecular weight is 323 g/mol. The Labute approximate surface area is 137 Å². The van der Waals surface area contributed by atoms with Gasteiger partial charge in [-0.1, -0.05) is 18.2 Å². The van der Waals surface area contributed by atoms with Gasteiger partial charge in [0, 0.05) is 18.4 Å². The molecule has 1 amide bonds. The number of hydrogen-bond donors (Lipinski definition) is 2. The Balaban J connectivity index is 1.67. The summed E-state index contributed by atoms with van der Waals surface area (Å²) in [4.78, 5) is 34.0. The van der Waals surface area contributed by atoms with Crippen LogP contribution < -0.4 is 5.56 Å². The molecule has 0 unspecified atom stereocenters. The molecule has 122 valence electrons. The van der Waals surface area contributed by atoms with Gasteiger partial charge >= 0.3 is 0 Å². The quantitative estimate of drug-likeness (QED) is 0.744. The van der Waals surface area contributed by atoms with Crippen molar-refractivity contribution in [3.63, 3.8) is 0 Å². The molecule has 1 aromatic carbocycles. The van der Waals surface area contributed by atoms with Crippen LogP contribution in [0.1, 0.15) is 29.9 Å². The molecule has 0 saturated heterocycles. The largest absolute Gasteiger partial charge is 0.347 e. The molecular formula is C17H17N5O2. The predicted molar refractivity (Wildman–Crippen MR) is 88.5 cm³/mol. The van der Waals surface area contributed by atoms with E-state index in [9.17, 15) is 9.59 Å².